The number of benzene rings is 1. The van der Waals surface area contributed by atoms with Gasteiger partial charge in [-0.3, -0.25) is 0 Å². The minimum atomic E-state index is -0.781. The Morgan fingerprint density at radius 3 is 2.06 bits per heavy atom. The van der Waals surface area contributed by atoms with Crippen LogP contribution in [0.15, 0.2) is 30.3 Å². The lowest BCUT2D eigenvalue weighted by atomic mass is 10.1. The number of hydrogen-bond acceptors (Lipinski definition) is 0. The molecule has 0 spiro atoms. The second kappa shape index (κ2) is 6.90. The molecule has 16 heavy (non-hydrogen) atoms. The fourth-order valence-corrected chi connectivity index (χ4v) is 3.29. The third-order valence-electron chi connectivity index (χ3n) is 2.99. The number of aryl methyl sites for hydroxylation is 1. The van der Waals surface area contributed by atoms with Crippen LogP contribution in [0.1, 0.15) is 31.2 Å². The SMILES string of the molecule is C[Si](C)(C)CCCCCCc1ccccc1. The molecule has 0 atom stereocenters. The summed E-state index contributed by atoms with van der Waals surface area (Å²) in [7, 11) is -0.781. The van der Waals surface area contributed by atoms with Gasteiger partial charge in [-0.15, -0.1) is 0 Å². The zero-order valence-electron chi connectivity index (χ0n) is 11.1. The maximum Gasteiger partial charge on any atom is 0.0442 e. The second-order valence-corrected chi connectivity index (χ2v) is 11.6. The van der Waals surface area contributed by atoms with Crippen LogP contribution >= 0.6 is 0 Å². The van der Waals surface area contributed by atoms with Crippen molar-refractivity contribution in [2.24, 2.45) is 0 Å². The molecule has 1 rings (SSSR count). The average Bonchev–Trinajstić information content (AvgIpc) is 2.23. The van der Waals surface area contributed by atoms with Gasteiger partial charge in [-0.2, -0.15) is 0 Å². The minimum Gasteiger partial charge on any atom is -0.0695 e. The maximum absolute atomic E-state index is 2.47. The zero-order chi connectivity index (χ0) is 11.9. The summed E-state index contributed by atoms with van der Waals surface area (Å²) in [6.45, 7) is 7.41. The smallest absolute Gasteiger partial charge is 0.0442 e. The van der Waals surface area contributed by atoms with Crippen molar-refractivity contribution in [3.63, 3.8) is 0 Å². The average molecular weight is 234 g/mol. The summed E-state index contributed by atoms with van der Waals surface area (Å²) in [4.78, 5) is 0. The van der Waals surface area contributed by atoms with E-state index < -0.39 is 8.07 Å². The second-order valence-electron chi connectivity index (χ2n) is 5.96. The van der Waals surface area contributed by atoms with E-state index in [4.69, 9.17) is 0 Å². The first-order valence-corrected chi connectivity index (χ1v) is 10.3. The summed E-state index contributed by atoms with van der Waals surface area (Å²) in [5.74, 6) is 0. The van der Waals surface area contributed by atoms with Gasteiger partial charge < -0.3 is 0 Å². The number of hydrogen-bond donors (Lipinski definition) is 0. The van der Waals surface area contributed by atoms with Crippen LogP contribution in [-0.2, 0) is 6.42 Å². The highest BCUT2D eigenvalue weighted by atomic mass is 28.3. The van der Waals surface area contributed by atoms with Crippen LogP contribution in [0, 0.1) is 0 Å². The minimum absolute atomic E-state index is 0.781. The monoisotopic (exact) mass is 234 g/mol. The fraction of sp³-hybridized carbons (Fsp3) is 0.600. The molecule has 0 nitrogen and oxygen atoms in total. The van der Waals surface area contributed by atoms with Crippen LogP contribution < -0.4 is 0 Å². The van der Waals surface area contributed by atoms with Gasteiger partial charge in [0.05, 0.1) is 0 Å². The van der Waals surface area contributed by atoms with Crippen LogP contribution in [0.5, 0.6) is 0 Å². The number of unbranched alkanes of at least 4 members (excludes halogenated alkanes) is 3. The molecule has 0 aliphatic heterocycles. The largest absolute Gasteiger partial charge is 0.0695 e. The molecule has 0 aliphatic carbocycles. The quantitative estimate of drug-likeness (QED) is 0.453. The van der Waals surface area contributed by atoms with Gasteiger partial charge in [0.15, 0.2) is 0 Å². The van der Waals surface area contributed by atoms with Crippen LogP contribution in [-0.4, -0.2) is 8.07 Å². The van der Waals surface area contributed by atoms with Gasteiger partial charge in [-0.05, 0) is 18.4 Å². The molecule has 0 aliphatic rings. The van der Waals surface area contributed by atoms with Gasteiger partial charge in [0.2, 0.25) is 0 Å². The van der Waals surface area contributed by atoms with E-state index in [2.05, 4.69) is 50.0 Å². The molecule has 0 bridgehead atoms. The van der Waals surface area contributed by atoms with E-state index in [9.17, 15) is 0 Å². The molecular weight excluding hydrogens is 208 g/mol. The van der Waals surface area contributed by atoms with Crippen molar-refractivity contribution in [2.45, 2.75) is 57.8 Å². The molecule has 0 saturated carbocycles. The molecule has 0 radical (unpaired) electrons. The predicted molar refractivity (Wildman–Crippen MR) is 76.8 cm³/mol. The molecule has 1 heteroatoms. The summed E-state index contributed by atoms with van der Waals surface area (Å²) in [5, 5.41) is 0. The van der Waals surface area contributed by atoms with Crippen molar-refractivity contribution in [3.05, 3.63) is 35.9 Å². The van der Waals surface area contributed by atoms with E-state index in [1.165, 1.54) is 43.7 Å². The summed E-state index contributed by atoms with van der Waals surface area (Å²) in [6.07, 6.45) is 6.89. The van der Waals surface area contributed by atoms with Crippen LogP contribution in [0.2, 0.25) is 25.7 Å². The van der Waals surface area contributed by atoms with Gasteiger partial charge in [0.25, 0.3) is 0 Å². The Morgan fingerprint density at radius 2 is 1.44 bits per heavy atom. The van der Waals surface area contributed by atoms with Gasteiger partial charge >= 0.3 is 0 Å². The lowest BCUT2D eigenvalue weighted by Gasteiger charge is -2.14. The molecule has 0 fully saturated rings. The Labute approximate surface area is 102 Å². The van der Waals surface area contributed by atoms with Gasteiger partial charge in [-0.1, -0.05) is 75.3 Å². The molecule has 0 N–H and O–H groups in total. The first kappa shape index (κ1) is 13.5. The van der Waals surface area contributed by atoms with Crippen molar-refractivity contribution < 1.29 is 0 Å². The van der Waals surface area contributed by atoms with E-state index in [0.29, 0.717) is 0 Å². The molecule has 0 heterocycles. The van der Waals surface area contributed by atoms with E-state index in [1.54, 1.807) is 0 Å². The van der Waals surface area contributed by atoms with Crippen LogP contribution in [0.25, 0.3) is 0 Å². The van der Waals surface area contributed by atoms with Gasteiger partial charge in [0.1, 0.15) is 0 Å². The van der Waals surface area contributed by atoms with Crippen LogP contribution in [0.4, 0.5) is 0 Å². The highest BCUT2D eigenvalue weighted by molar-refractivity contribution is 6.76. The maximum atomic E-state index is 2.47. The Kier molecular flexibility index (Phi) is 5.82. The van der Waals surface area contributed by atoms with Crippen molar-refractivity contribution >= 4 is 8.07 Å². The highest BCUT2D eigenvalue weighted by Crippen LogP contribution is 2.15. The third-order valence-corrected chi connectivity index (χ3v) is 4.84. The third kappa shape index (κ3) is 6.84. The first-order chi connectivity index (χ1) is 7.58. The van der Waals surface area contributed by atoms with Crippen LogP contribution in [0.3, 0.4) is 0 Å². The molecule has 0 unspecified atom stereocenters. The van der Waals surface area contributed by atoms with E-state index in [0.717, 1.165) is 0 Å². The summed E-state index contributed by atoms with van der Waals surface area (Å²) < 4.78 is 0. The van der Waals surface area contributed by atoms with Crippen molar-refractivity contribution in [1.82, 2.24) is 0 Å². The molecule has 0 saturated heterocycles. The first-order valence-electron chi connectivity index (χ1n) is 6.62. The lowest BCUT2D eigenvalue weighted by molar-refractivity contribution is 0.663. The Bertz CT molecular complexity index is 271. The molecule has 0 amide bonds. The standard InChI is InChI=1S/C15H26Si/c1-16(2,3)14-10-5-4-7-11-15-12-8-6-9-13-15/h6,8-9,12-13H,4-5,7,10-11,14H2,1-3H3. The summed E-state index contributed by atoms with van der Waals surface area (Å²) in [6, 6.07) is 12.3. The van der Waals surface area contributed by atoms with Crippen molar-refractivity contribution in [2.75, 3.05) is 0 Å². The van der Waals surface area contributed by atoms with Crippen molar-refractivity contribution in [3.8, 4) is 0 Å². The molecule has 90 valence electrons. The number of rotatable bonds is 7. The molecule has 0 aromatic heterocycles. The summed E-state index contributed by atoms with van der Waals surface area (Å²) in [5.41, 5.74) is 1.49. The predicted octanol–water partition coefficient (Wildman–Crippen LogP) is 5.13. The normalized spacial score (nSPS) is 11.7. The Hall–Kier alpha value is -0.563. The molecule has 1 aromatic rings. The summed E-state index contributed by atoms with van der Waals surface area (Å²) >= 11 is 0. The highest BCUT2D eigenvalue weighted by Gasteiger charge is 2.11. The topological polar surface area (TPSA) is 0 Å². The van der Waals surface area contributed by atoms with E-state index >= 15 is 0 Å². The van der Waals surface area contributed by atoms with E-state index in [1.807, 2.05) is 0 Å². The van der Waals surface area contributed by atoms with E-state index in [-0.39, 0.29) is 0 Å². The Morgan fingerprint density at radius 1 is 0.812 bits per heavy atom. The lowest BCUT2D eigenvalue weighted by Crippen LogP contribution is -2.18. The Balaban J connectivity index is 2.01. The van der Waals surface area contributed by atoms with Gasteiger partial charge in [0, 0.05) is 8.07 Å². The molecular formula is C15H26Si. The van der Waals surface area contributed by atoms with Gasteiger partial charge in [-0.25, -0.2) is 0 Å². The zero-order valence-corrected chi connectivity index (χ0v) is 12.1. The molecule has 1 aromatic carbocycles. The van der Waals surface area contributed by atoms with Crippen molar-refractivity contribution in [1.29, 1.82) is 0 Å². The fourth-order valence-electron chi connectivity index (χ4n) is 1.98.